The van der Waals surface area contributed by atoms with Crippen LogP contribution in [0.3, 0.4) is 0 Å². The van der Waals surface area contributed by atoms with E-state index in [-0.39, 0.29) is 5.56 Å². The minimum absolute atomic E-state index is 0.154. The highest BCUT2D eigenvalue weighted by molar-refractivity contribution is 5.19. The predicted molar refractivity (Wildman–Crippen MR) is 56.6 cm³/mol. The van der Waals surface area contributed by atoms with Crippen LogP contribution in [0.5, 0.6) is 0 Å². The van der Waals surface area contributed by atoms with Crippen molar-refractivity contribution in [3.8, 4) is 0 Å². The van der Waals surface area contributed by atoms with Gasteiger partial charge in [-0.25, -0.2) is 8.78 Å². The summed E-state index contributed by atoms with van der Waals surface area (Å²) in [4.78, 5) is 1.95. The van der Waals surface area contributed by atoms with E-state index in [2.05, 4.69) is 0 Å². The topological polar surface area (TPSA) is 29.3 Å². The van der Waals surface area contributed by atoms with E-state index in [0.717, 1.165) is 6.54 Å². The molecular formula is C11H16F2N2. The highest BCUT2D eigenvalue weighted by Crippen LogP contribution is 2.12. The van der Waals surface area contributed by atoms with E-state index in [1.807, 2.05) is 11.9 Å². The van der Waals surface area contributed by atoms with Crippen molar-refractivity contribution in [2.75, 3.05) is 26.7 Å². The molecule has 2 N–H and O–H groups in total. The van der Waals surface area contributed by atoms with Gasteiger partial charge in [0, 0.05) is 25.2 Å². The zero-order valence-corrected chi connectivity index (χ0v) is 8.84. The molecule has 0 aliphatic rings. The molecule has 0 aromatic heterocycles. The number of likely N-dealkylation sites (N-methyl/N-ethyl adjacent to an activating group) is 1. The molecule has 0 spiro atoms. The first-order valence-electron chi connectivity index (χ1n) is 4.96. The summed E-state index contributed by atoms with van der Waals surface area (Å²) in [6.45, 7) is 1.89. The third-order valence-corrected chi connectivity index (χ3v) is 2.32. The number of halogens is 2. The van der Waals surface area contributed by atoms with Crippen molar-refractivity contribution in [3.63, 3.8) is 0 Å². The molecule has 0 radical (unpaired) electrons. The van der Waals surface area contributed by atoms with Gasteiger partial charge in [0.25, 0.3) is 0 Å². The van der Waals surface area contributed by atoms with Crippen molar-refractivity contribution in [2.24, 2.45) is 5.73 Å². The second-order valence-electron chi connectivity index (χ2n) is 3.54. The van der Waals surface area contributed by atoms with E-state index >= 15 is 0 Å². The van der Waals surface area contributed by atoms with Crippen molar-refractivity contribution in [1.29, 1.82) is 0 Å². The molecule has 1 aromatic carbocycles. The Morgan fingerprint density at radius 1 is 1.20 bits per heavy atom. The van der Waals surface area contributed by atoms with E-state index in [4.69, 9.17) is 5.73 Å². The lowest BCUT2D eigenvalue weighted by Gasteiger charge is -2.15. The lowest BCUT2D eigenvalue weighted by atomic mass is 10.1. The largest absolute Gasteiger partial charge is 0.329 e. The van der Waals surface area contributed by atoms with Crippen molar-refractivity contribution in [3.05, 3.63) is 35.4 Å². The van der Waals surface area contributed by atoms with E-state index in [9.17, 15) is 8.78 Å². The molecule has 0 bridgehead atoms. The van der Waals surface area contributed by atoms with E-state index in [1.165, 1.54) is 18.2 Å². The molecular weight excluding hydrogens is 198 g/mol. The highest BCUT2D eigenvalue weighted by atomic mass is 19.1. The van der Waals surface area contributed by atoms with Gasteiger partial charge in [-0.05, 0) is 25.6 Å². The Kier molecular flexibility index (Phi) is 4.65. The molecule has 84 valence electrons. The third-order valence-electron chi connectivity index (χ3n) is 2.32. The maximum Gasteiger partial charge on any atom is 0.129 e. The zero-order chi connectivity index (χ0) is 11.3. The number of rotatable bonds is 5. The minimum Gasteiger partial charge on any atom is -0.329 e. The Bertz CT molecular complexity index is 295. The third kappa shape index (κ3) is 3.57. The Labute approximate surface area is 88.7 Å². The summed E-state index contributed by atoms with van der Waals surface area (Å²) in [7, 11) is 1.88. The van der Waals surface area contributed by atoms with Crippen LogP contribution in [0, 0.1) is 11.6 Å². The van der Waals surface area contributed by atoms with Gasteiger partial charge in [0.2, 0.25) is 0 Å². The summed E-state index contributed by atoms with van der Waals surface area (Å²) in [6, 6.07) is 3.93. The normalized spacial score (nSPS) is 11.0. The van der Waals surface area contributed by atoms with Gasteiger partial charge in [-0.1, -0.05) is 6.07 Å². The Morgan fingerprint density at radius 2 is 1.80 bits per heavy atom. The summed E-state index contributed by atoms with van der Waals surface area (Å²) in [6.07, 6.45) is 0.370. The van der Waals surface area contributed by atoms with Crippen molar-refractivity contribution < 1.29 is 8.78 Å². The van der Waals surface area contributed by atoms with Crippen LogP contribution in [0.1, 0.15) is 5.56 Å². The van der Waals surface area contributed by atoms with E-state index in [1.54, 1.807) is 0 Å². The van der Waals surface area contributed by atoms with Crippen LogP contribution in [0.15, 0.2) is 18.2 Å². The van der Waals surface area contributed by atoms with Gasteiger partial charge >= 0.3 is 0 Å². The quantitative estimate of drug-likeness (QED) is 0.802. The predicted octanol–water partition coefficient (Wildman–Crippen LogP) is 1.40. The van der Waals surface area contributed by atoms with Gasteiger partial charge in [0.05, 0.1) is 0 Å². The summed E-state index contributed by atoms with van der Waals surface area (Å²) in [5.74, 6) is -0.952. The molecule has 0 aliphatic carbocycles. The van der Waals surface area contributed by atoms with E-state index < -0.39 is 11.6 Å². The highest BCUT2D eigenvalue weighted by Gasteiger charge is 2.08. The van der Waals surface area contributed by atoms with Gasteiger partial charge < -0.3 is 10.6 Å². The SMILES string of the molecule is CN(CCN)CCc1c(F)cccc1F. The molecule has 2 nitrogen and oxygen atoms in total. The van der Waals surface area contributed by atoms with Gasteiger partial charge in [-0.15, -0.1) is 0 Å². The Morgan fingerprint density at radius 3 is 2.33 bits per heavy atom. The number of hydrogen-bond donors (Lipinski definition) is 1. The number of nitrogens with zero attached hydrogens (tertiary/aromatic N) is 1. The first-order chi connectivity index (χ1) is 7.15. The number of benzene rings is 1. The lowest BCUT2D eigenvalue weighted by Crippen LogP contribution is -2.27. The molecule has 0 saturated carbocycles. The van der Waals surface area contributed by atoms with E-state index in [0.29, 0.717) is 19.5 Å². The second-order valence-corrected chi connectivity index (χ2v) is 3.54. The maximum absolute atomic E-state index is 13.2. The summed E-state index contributed by atoms with van der Waals surface area (Å²) < 4.78 is 26.4. The molecule has 0 aliphatic heterocycles. The maximum atomic E-state index is 13.2. The van der Waals surface area contributed by atoms with Crippen LogP contribution in [0.25, 0.3) is 0 Å². The number of nitrogens with two attached hydrogens (primary N) is 1. The molecule has 0 fully saturated rings. The fraction of sp³-hybridized carbons (Fsp3) is 0.455. The van der Waals surface area contributed by atoms with Crippen LogP contribution in [0.4, 0.5) is 8.78 Å². The van der Waals surface area contributed by atoms with Crippen molar-refractivity contribution >= 4 is 0 Å². The zero-order valence-electron chi connectivity index (χ0n) is 8.84. The summed E-state index contributed by atoms with van der Waals surface area (Å²) in [5.41, 5.74) is 5.52. The van der Waals surface area contributed by atoms with Crippen LogP contribution in [0.2, 0.25) is 0 Å². The average Bonchev–Trinajstić information content (AvgIpc) is 2.17. The minimum atomic E-state index is -0.476. The Balaban J connectivity index is 2.57. The standard InChI is InChI=1S/C11H16F2N2/c1-15(8-6-14)7-5-9-10(12)3-2-4-11(9)13/h2-4H,5-8,14H2,1H3. The molecule has 4 heteroatoms. The van der Waals surface area contributed by atoms with Gasteiger partial charge in [0.15, 0.2) is 0 Å². The molecule has 0 amide bonds. The first kappa shape index (κ1) is 12.1. The smallest absolute Gasteiger partial charge is 0.129 e. The molecule has 0 atom stereocenters. The first-order valence-corrected chi connectivity index (χ1v) is 4.96. The van der Waals surface area contributed by atoms with Crippen molar-refractivity contribution in [2.45, 2.75) is 6.42 Å². The monoisotopic (exact) mass is 214 g/mol. The molecule has 1 aromatic rings. The van der Waals surface area contributed by atoms with Gasteiger partial charge in [-0.3, -0.25) is 0 Å². The lowest BCUT2D eigenvalue weighted by molar-refractivity contribution is 0.343. The van der Waals surface area contributed by atoms with Crippen molar-refractivity contribution in [1.82, 2.24) is 4.90 Å². The molecule has 0 unspecified atom stereocenters. The molecule has 15 heavy (non-hydrogen) atoms. The fourth-order valence-corrected chi connectivity index (χ4v) is 1.41. The Hall–Kier alpha value is -1.00. The average molecular weight is 214 g/mol. The van der Waals surface area contributed by atoms with Crippen LogP contribution in [-0.2, 0) is 6.42 Å². The second kappa shape index (κ2) is 5.78. The number of hydrogen-bond acceptors (Lipinski definition) is 2. The summed E-state index contributed by atoms with van der Waals surface area (Å²) in [5, 5.41) is 0. The molecule has 1 rings (SSSR count). The molecule has 0 heterocycles. The van der Waals surface area contributed by atoms with Crippen LogP contribution >= 0.6 is 0 Å². The summed E-state index contributed by atoms with van der Waals surface area (Å²) >= 11 is 0. The van der Waals surface area contributed by atoms with Crippen LogP contribution in [-0.4, -0.2) is 31.6 Å². The van der Waals surface area contributed by atoms with Gasteiger partial charge in [-0.2, -0.15) is 0 Å². The molecule has 0 saturated heterocycles. The van der Waals surface area contributed by atoms with Crippen LogP contribution < -0.4 is 5.73 Å². The van der Waals surface area contributed by atoms with Gasteiger partial charge in [0.1, 0.15) is 11.6 Å². The fourth-order valence-electron chi connectivity index (χ4n) is 1.41.